The highest BCUT2D eigenvalue weighted by atomic mass is 79.9. The zero-order chi connectivity index (χ0) is 18.1. The summed E-state index contributed by atoms with van der Waals surface area (Å²) < 4.78 is 8.21. The number of nitrogens with zero attached hydrogens (tertiary/aromatic N) is 3. The standard InChI is InChI=1S/C20H16BrN3OS/c1-25-16-7-3-13(4-8-16)18-19(14-5-9-17(26-2)10-6-14)24-12-15(21)11-22-20(24)23-18/h3-12H,1-2H3. The summed E-state index contributed by atoms with van der Waals surface area (Å²) in [6.07, 6.45) is 5.84. The van der Waals surface area contributed by atoms with Crippen molar-refractivity contribution < 1.29 is 4.74 Å². The molecular formula is C20H16BrN3OS. The lowest BCUT2D eigenvalue weighted by molar-refractivity contribution is 0.415. The number of fused-ring (bicyclic) bond motifs is 1. The molecule has 0 aliphatic rings. The predicted molar refractivity (Wildman–Crippen MR) is 110 cm³/mol. The maximum absolute atomic E-state index is 5.27. The maximum atomic E-state index is 5.27. The van der Waals surface area contributed by atoms with E-state index in [1.807, 2.05) is 34.9 Å². The van der Waals surface area contributed by atoms with E-state index in [9.17, 15) is 0 Å². The van der Waals surface area contributed by atoms with Crippen molar-refractivity contribution >= 4 is 33.5 Å². The Morgan fingerprint density at radius 3 is 2.35 bits per heavy atom. The van der Waals surface area contributed by atoms with Gasteiger partial charge in [0.05, 0.1) is 23.0 Å². The fraction of sp³-hybridized carbons (Fsp3) is 0.100. The molecule has 2 aromatic carbocycles. The molecule has 2 aromatic heterocycles. The molecule has 0 atom stereocenters. The number of rotatable bonds is 4. The molecule has 2 heterocycles. The largest absolute Gasteiger partial charge is 0.497 e. The van der Waals surface area contributed by atoms with Gasteiger partial charge >= 0.3 is 0 Å². The smallest absolute Gasteiger partial charge is 0.234 e. The van der Waals surface area contributed by atoms with Gasteiger partial charge in [0.25, 0.3) is 0 Å². The van der Waals surface area contributed by atoms with E-state index in [0.29, 0.717) is 5.78 Å². The van der Waals surface area contributed by atoms with Gasteiger partial charge in [-0.05, 0) is 58.6 Å². The lowest BCUT2D eigenvalue weighted by Crippen LogP contribution is -1.92. The van der Waals surface area contributed by atoms with Crippen LogP contribution in [0, 0.1) is 0 Å². The molecule has 4 rings (SSSR count). The first kappa shape index (κ1) is 17.1. The van der Waals surface area contributed by atoms with Crippen molar-refractivity contribution in [3.8, 4) is 28.3 Å². The predicted octanol–water partition coefficient (Wildman–Crippen LogP) is 5.56. The third kappa shape index (κ3) is 3.10. The molecular weight excluding hydrogens is 410 g/mol. The Bertz CT molecular complexity index is 1060. The normalized spacial score (nSPS) is 11.0. The van der Waals surface area contributed by atoms with Crippen LogP contribution >= 0.6 is 27.7 Å². The minimum absolute atomic E-state index is 0.669. The number of imidazole rings is 1. The van der Waals surface area contributed by atoms with Crippen molar-refractivity contribution in [2.45, 2.75) is 4.90 Å². The number of halogens is 1. The Balaban J connectivity index is 1.96. The fourth-order valence-corrected chi connectivity index (χ4v) is 3.60. The molecule has 0 saturated heterocycles. The molecule has 0 bridgehead atoms. The first-order valence-corrected chi connectivity index (χ1v) is 10.0. The Labute approximate surface area is 164 Å². The minimum atomic E-state index is 0.669. The van der Waals surface area contributed by atoms with Crippen molar-refractivity contribution in [1.82, 2.24) is 14.4 Å². The van der Waals surface area contributed by atoms with Crippen LogP contribution in [0.4, 0.5) is 0 Å². The van der Waals surface area contributed by atoms with Gasteiger partial charge in [0, 0.05) is 28.4 Å². The summed E-state index contributed by atoms with van der Waals surface area (Å²) in [7, 11) is 1.67. The van der Waals surface area contributed by atoms with Crippen LogP contribution in [-0.2, 0) is 0 Å². The van der Waals surface area contributed by atoms with E-state index >= 15 is 0 Å². The summed E-state index contributed by atoms with van der Waals surface area (Å²) in [5.41, 5.74) is 4.04. The van der Waals surface area contributed by atoms with E-state index in [-0.39, 0.29) is 0 Å². The van der Waals surface area contributed by atoms with Gasteiger partial charge in [-0.3, -0.25) is 4.40 Å². The summed E-state index contributed by atoms with van der Waals surface area (Å²) in [5, 5.41) is 0. The highest BCUT2D eigenvalue weighted by Crippen LogP contribution is 2.34. The third-order valence-electron chi connectivity index (χ3n) is 4.18. The number of hydrogen-bond acceptors (Lipinski definition) is 4. The van der Waals surface area contributed by atoms with Gasteiger partial charge in [0.15, 0.2) is 0 Å². The van der Waals surface area contributed by atoms with Gasteiger partial charge < -0.3 is 4.74 Å². The Morgan fingerprint density at radius 2 is 1.69 bits per heavy atom. The van der Waals surface area contributed by atoms with Crippen LogP contribution in [0.15, 0.2) is 70.3 Å². The average molecular weight is 426 g/mol. The lowest BCUT2D eigenvalue weighted by atomic mass is 10.0. The van der Waals surface area contributed by atoms with Gasteiger partial charge in [0.2, 0.25) is 5.78 Å². The molecule has 0 aliphatic carbocycles. The fourth-order valence-electron chi connectivity index (χ4n) is 2.89. The van der Waals surface area contributed by atoms with E-state index in [1.165, 1.54) is 4.90 Å². The highest BCUT2D eigenvalue weighted by molar-refractivity contribution is 9.10. The van der Waals surface area contributed by atoms with Gasteiger partial charge in [-0.15, -0.1) is 11.8 Å². The minimum Gasteiger partial charge on any atom is -0.497 e. The molecule has 0 amide bonds. The maximum Gasteiger partial charge on any atom is 0.234 e. The van der Waals surface area contributed by atoms with Crippen molar-refractivity contribution in [2.24, 2.45) is 0 Å². The number of aromatic nitrogens is 3. The van der Waals surface area contributed by atoms with E-state index in [4.69, 9.17) is 9.72 Å². The van der Waals surface area contributed by atoms with Crippen LogP contribution in [0.5, 0.6) is 5.75 Å². The second kappa shape index (κ2) is 7.13. The molecule has 4 aromatic rings. The van der Waals surface area contributed by atoms with Crippen molar-refractivity contribution in [1.29, 1.82) is 0 Å². The summed E-state index contributed by atoms with van der Waals surface area (Å²) >= 11 is 5.24. The lowest BCUT2D eigenvalue weighted by Gasteiger charge is -2.07. The van der Waals surface area contributed by atoms with Crippen LogP contribution < -0.4 is 4.74 Å². The first-order valence-electron chi connectivity index (χ1n) is 8.02. The Kier molecular flexibility index (Phi) is 4.70. The van der Waals surface area contributed by atoms with E-state index in [2.05, 4.69) is 51.4 Å². The molecule has 0 saturated carbocycles. The number of ether oxygens (including phenoxy) is 1. The number of methoxy groups -OCH3 is 1. The number of hydrogen-bond donors (Lipinski definition) is 0. The van der Waals surface area contributed by atoms with E-state index < -0.39 is 0 Å². The average Bonchev–Trinajstić information content (AvgIpc) is 3.06. The molecule has 0 N–H and O–H groups in total. The van der Waals surface area contributed by atoms with Crippen molar-refractivity contribution in [2.75, 3.05) is 13.4 Å². The summed E-state index contributed by atoms with van der Waals surface area (Å²) in [4.78, 5) is 10.5. The topological polar surface area (TPSA) is 39.4 Å². The molecule has 0 aliphatic heterocycles. The molecule has 6 heteroatoms. The zero-order valence-corrected chi connectivity index (χ0v) is 16.7. The molecule has 130 valence electrons. The van der Waals surface area contributed by atoms with Crippen LogP contribution in [0.25, 0.3) is 28.3 Å². The van der Waals surface area contributed by atoms with E-state index in [1.54, 1.807) is 25.1 Å². The van der Waals surface area contributed by atoms with Gasteiger partial charge in [-0.1, -0.05) is 12.1 Å². The zero-order valence-electron chi connectivity index (χ0n) is 14.3. The Hall–Kier alpha value is -2.31. The highest BCUT2D eigenvalue weighted by Gasteiger charge is 2.17. The molecule has 4 nitrogen and oxygen atoms in total. The number of thioether (sulfide) groups is 1. The Morgan fingerprint density at radius 1 is 1.00 bits per heavy atom. The summed E-state index contributed by atoms with van der Waals surface area (Å²) in [6.45, 7) is 0. The van der Waals surface area contributed by atoms with Crippen molar-refractivity contribution in [3.63, 3.8) is 0 Å². The van der Waals surface area contributed by atoms with Gasteiger partial charge in [0.1, 0.15) is 5.75 Å². The molecule has 0 radical (unpaired) electrons. The van der Waals surface area contributed by atoms with Gasteiger partial charge in [-0.25, -0.2) is 9.97 Å². The molecule has 0 unspecified atom stereocenters. The third-order valence-corrected chi connectivity index (χ3v) is 5.33. The van der Waals surface area contributed by atoms with Crippen LogP contribution in [0.1, 0.15) is 0 Å². The monoisotopic (exact) mass is 425 g/mol. The number of benzene rings is 2. The van der Waals surface area contributed by atoms with E-state index in [0.717, 1.165) is 32.7 Å². The van der Waals surface area contributed by atoms with Crippen LogP contribution in [-0.4, -0.2) is 27.7 Å². The summed E-state index contributed by atoms with van der Waals surface area (Å²) in [5.74, 6) is 1.49. The SMILES string of the molecule is COc1ccc(-c2nc3ncc(Br)cn3c2-c2ccc(SC)cc2)cc1. The quantitative estimate of drug-likeness (QED) is 0.401. The second-order valence-corrected chi connectivity index (χ2v) is 7.50. The summed E-state index contributed by atoms with van der Waals surface area (Å²) in [6, 6.07) is 16.5. The first-order chi connectivity index (χ1) is 12.7. The molecule has 0 spiro atoms. The van der Waals surface area contributed by atoms with Gasteiger partial charge in [-0.2, -0.15) is 0 Å². The molecule has 26 heavy (non-hydrogen) atoms. The van der Waals surface area contributed by atoms with Crippen LogP contribution in [0.3, 0.4) is 0 Å². The molecule has 0 fully saturated rings. The van der Waals surface area contributed by atoms with Crippen LogP contribution in [0.2, 0.25) is 0 Å². The van der Waals surface area contributed by atoms with Crippen molar-refractivity contribution in [3.05, 3.63) is 65.4 Å². The second-order valence-electron chi connectivity index (χ2n) is 5.71.